The molecular formula is C22H22N2O3S. The van der Waals surface area contributed by atoms with Gasteiger partial charge in [0.1, 0.15) is 0 Å². The van der Waals surface area contributed by atoms with Crippen molar-refractivity contribution in [3.05, 3.63) is 63.5 Å². The van der Waals surface area contributed by atoms with Gasteiger partial charge in [0.25, 0.3) is 5.91 Å². The van der Waals surface area contributed by atoms with E-state index in [0.717, 1.165) is 52.7 Å². The van der Waals surface area contributed by atoms with Gasteiger partial charge in [0, 0.05) is 16.0 Å². The number of nitrogens with zero attached hydrogens (tertiary/aromatic N) is 1. The first kappa shape index (κ1) is 18.6. The largest absolute Gasteiger partial charge is 0.452 e. The second kappa shape index (κ2) is 8.10. The molecule has 0 saturated carbocycles. The average Bonchev–Trinajstić information content (AvgIpc) is 3.25. The zero-order valence-corrected chi connectivity index (χ0v) is 16.6. The Labute approximate surface area is 167 Å². The Hall–Kier alpha value is -2.73. The van der Waals surface area contributed by atoms with E-state index in [0.29, 0.717) is 5.56 Å². The van der Waals surface area contributed by atoms with E-state index in [2.05, 4.69) is 5.32 Å². The van der Waals surface area contributed by atoms with Gasteiger partial charge in [-0.3, -0.25) is 9.78 Å². The molecule has 1 aromatic carbocycles. The number of esters is 1. The third-order valence-corrected chi connectivity index (χ3v) is 6.11. The second-order valence-corrected chi connectivity index (χ2v) is 8.00. The highest BCUT2D eigenvalue weighted by Crippen LogP contribution is 2.29. The van der Waals surface area contributed by atoms with Gasteiger partial charge in [0.15, 0.2) is 6.61 Å². The number of hydrogen-bond acceptors (Lipinski definition) is 5. The molecule has 0 radical (unpaired) electrons. The lowest BCUT2D eigenvalue weighted by atomic mass is 9.90. The highest BCUT2D eigenvalue weighted by atomic mass is 32.1. The van der Waals surface area contributed by atoms with Gasteiger partial charge in [-0.25, -0.2) is 4.79 Å². The minimum absolute atomic E-state index is 0.110. The third-order valence-electron chi connectivity index (χ3n) is 5.06. The third kappa shape index (κ3) is 3.78. The Bertz CT molecular complexity index is 1010. The van der Waals surface area contributed by atoms with Gasteiger partial charge in [-0.05, 0) is 55.7 Å². The minimum atomic E-state index is -0.448. The van der Waals surface area contributed by atoms with Crippen molar-refractivity contribution in [1.82, 2.24) is 10.3 Å². The molecule has 1 aliphatic rings. The summed E-state index contributed by atoms with van der Waals surface area (Å²) in [7, 11) is 0. The molecule has 0 aliphatic heterocycles. The number of thiophene rings is 1. The van der Waals surface area contributed by atoms with Gasteiger partial charge in [0.2, 0.25) is 0 Å². The van der Waals surface area contributed by atoms with Gasteiger partial charge in [0.05, 0.1) is 17.1 Å². The van der Waals surface area contributed by atoms with Gasteiger partial charge >= 0.3 is 5.97 Å². The zero-order chi connectivity index (χ0) is 19.5. The van der Waals surface area contributed by atoms with Crippen molar-refractivity contribution in [3.8, 4) is 0 Å². The summed E-state index contributed by atoms with van der Waals surface area (Å²) in [5.41, 5.74) is 3.32. The van der Waals surface area contributed by atoms with Crippen LogP contribution in [0.1, 0.15) is 52.3 Å². The molecule has 4 rings (SSSR count). The van der Waals surface area contributed by atoms with Crippen LogP contribution in [0.15, 0.2) is 41.8 Å². The summed E-state index contributed by atoms with van der Waals surface area (Å²) in [6, 6.07) is 11.4. The van der Waals surface area contributed by atoms with Crippen LogP contribution in [-0.2, 0) is 22.4 Å². The number of benzene rings is 1. The molecule has 1 unspecified atom stereocenters. The number of pyridine rings is 1. The number of carbonyl (C=O) groups is 2. The summed E-state index contributed by atoms with van der Waals surface area (Å²) in [6.07, 6.45) is 3.81. The molecule has 144 valence electrons. The zero-order valence-electron chi connectivity index (χ0n) is 15.7. The quantitative estimate of drug-likeness (QED) is 0.658. The lowest BCUT2D eigenvalue weighted by molar-refractivity contribution is -0.124. The Kier molecular flexibility index (Phi) is 5.39. The number of hydrogen-bond donors (Lipinski definition) is 1. The van der Waals surface area contributed by atoms with Crippen LogP contribution in [0.5, 0.6) is 0 Å². The second-order valence-electron chi connectivity index (χ2n) is 7.02. The molecule has 1 amide bonds. The average molecular weight is 394 g/mol. The van der Waals surface area contributed by atoms with Crippen molar-refractivity contribution in [1.29, 1.82) is 0 Å². The lowest BCUT2D eigenvalue weighted by Crippen LogP contribution is -2.31. The van der Waals surface area contributed by atoms with E-state index in [1.807, 2.05) is 48.7 Å². The first-order chi connectivity index (χ1) is 13.6. The number of aromatic nitrogens is 1. The smallest absolute Gasteiger partial charge is 0.339 e. The van der Waals surface area contributed by atoms with Crippen LogP contribution in [-0.4, -0.2) is 23.5 Å². The molecule has 3 aromatic rings. The summed E-state index contributed by atoms with van der Waals surface area (Å²) < 4.78 is 5.41. The van der Waals surface area contributed by atoms with E-state index in [9.17, 15) is 9.59 Å². The van der Waals surface area contributed by atoms with E-state index in [1.165, 1.54) is 0 Å². The Morgan fingerprint density at radius 1 is 1.18 bits per heavy atom. The Morgan fingerprint density at radius 3 is 2.82 bits per heavy atom. The van der Waals surface area contributed by atoms with Crippen molar-refractivity contribution < 1.29 is 14.3 Å². The van der Waals surface area contributed by atoms with Gasteiger partial charge in [-0.1, -0.05) is 24.3 Å². The number of para-hydroxylation sites is 1. The fourth-order valence-corrected chi connectivity index (χ4v) is 4.44. The molecule has 6 heteroatoms. The molecule has 1 atom stereocenters. The predicted octanol–water partition coefficient (Wildman–Crippen LogP) is 4.21. The van der Waals surface area contributed by atoms with Crippen LogP contribution in [0.3, 0.4) is 0 Å². The molecule has 0 fully saturated rings. The van der Waals surface area contributed by atoms with Crippen LogP contribution in [0.25, 0.3) is 10.9 Å². The molecular weight excluding hydrogens is 372 g/mol. The molecule has 0 spiro atoms. The monoisotopic (exact) mass is 394 g/mol. The van der Waals surface area contributed by atoms with Gasteiger partial charge in [-0.15, -0.1) is 11.3 Å². The SMILES string of the molecule is CC(NC(=O)COC(=O)c1c2c(nc3ccccc13)CCCC2)c1cccs1. The van der Waals surface area contributed by atoms with Crippen LogP contribution in [0, 0.1) is 0 Å². The molecule has 28 heavy (non-hydrogen) atoms. The highest BCUT2D eigenvalue weighted by Gasteiger charge is 2.24. The molecule has 5 nitrogen and oxygen atoms in total. The number of nitrogens with one attached hydrogen (secondary N) is 1. The number of carbonyl (C=O) groups excluding carboxylic acids is 2. The maximum absolute atomic E-state index is 12.9. The molecule has 2 aromatic heterocycles. The highest BCUT2D eigenvalue weighted by molar-refractivity contribution is 7.10. The molecule has 1 N–H and O–H groups in total. The normalized spacial score (nSPS) is 14.3. The maximum atomic E-state index is 12.9. The number of aryl methyl sites for hydroxylation is 1. The van der Waals surface area contributed by atoms with Gasteiger partial charge < -0.3 is 10.1 Å². The summed E-state index contributed by atoms with van der Waals surface area (Å²) in [6.45, 7) is 1.62. The number of rotatable bonds is 5. The number of fused-ring (bicyclic) bond motifs is 2. The van der Waals surface area contributed by atoms with Crippen LogP contribution < -0.4 is 5.32 Å². The van der Waals surface area contributed by atoms with Crippen molar-refractivity contribution in [2.45, 2.75) is 38.6 Å². The van der Waals surface area contributed by atoms with E-state index in [1.54, 1.807) is 11.3 Å². The molecule has 0 saturated heterocycles. The van der Waals surface area contributed by atoms with Crippen LogP contribution in [0.2, 0.25) is 0 Å². The van der Waals surface area contributed by atoms with E-state index in [-0.39, 0.29) is 18.6 Å². The van der Waals surface area contributed by atoms with Crippen molar-refractivity contribution in [2.24, 2.45) is 0 Å². The minimum Gasteiger partial charge on any atom is -0.452 e. The predicted molar refractivity (Wildman–Crippen MR) is 110 cm³/mol. The summed E-state index contributed by atoms with van der Waals surface area (Å²) in [5, 5.41) is 5.63. The molecule has 0 bridgehead atoms. The fourth-order valence-electron chi connectivity index (χ4n) is 3.70. The van der Waals surface area contributed by atoms with Crippen LogP contribution >= 0.6 is 11.3 Å². The lowest BCUT2D eigenvalue weighted by Gasteiger charge is -2.20. The van der Waals surface area contributed by atoms with Crippen molar-refractivity contribution in [3.63, 3.8) is 0 Å². The Balaban J connectivity index is 1.52. The summed E-state index contributed by atoms with van der Waals surface area (Å²) >= 11 is 1.58. The first-order valence-corrected chi connectivity index (χ1v) is 10.4. The van der Waals surface area contributed by atoms with Crippen LogP contribution in [0.4, 0.5) is 0 Å². The van der Waals surface area contributed by atoms with Gasteiger partial charge in [-0.2, -0.15) is 0 Å². The summed E-state index contributed by atoms with van der Waals surface area (Å²) in [5.74, 6) is -0.753. The maximum Gasteiger partial charge on any atom is 0.339 e. The number of ether oxygens (including phenoxy) is 1. The van der Waals surface area contributed by atoms with Crippen molar-refractivity contribution in [2.75, 3.05) is 6.61 Å². The molecule has 2 heterocycles. The summed E-state index contributed by atoms with van der Waals surface area (Å²) in [4.78, 5) is 31.0. The Morgan fingerprint density at radius 2 is 2.00 bits per heavy atom. The first-order valence-electron chi connectivity index (χ1n) is 9.54. The van der Waals surface area contributed by atoms with E-state index >= 15 is 0 Å². The van der Waals surface area contributed by atoms with E-state index in [4.69, 9.17) is 9.72 Å². The number of amides is 1. The standard InChI is InChI=1S/C22H22N2O3S/c1-14(19-11-6-12-28-19)23-20(25)13-27-22(26)21-15-7-2-4-9-17(15)24-18-10-5-3-8-16(18)21/h2,4,6-7,9,11-12,14H,3,5,8,10,13H2,1H3,(H,23,25). The fraction of sp³-hybridized carbons (Fsp3) is 0.318. The van der Waals surface area contributed by atoms with E-state index < -0.39 is 5.97 Å². The van der Waals surface area contributed by atoms with Crippen molar-refractivity contribution >= 4 is 34.1 Å². The molecule has 1 aliphatic carbocycles. The topological polar surface area (TPSA) is 68.3 Å².